The van der Waals surface area contributed by atoms with Crippen molar-refractivity contribution in [2.24, 2.45) is 0 Å². The van der Waals surface area contributed by atoms with E-state index >= 15 is 0 Å². The second-order valence-corrected chi connectivity index (χ2v) is 3.66. The third-order valence-corrected chi connectivity index (χ3v) is 2.61. The van der Waals surface area contributed by atoms with Crippen LogP contribution in [-0.2, 0) is 19.3 Å². The Morgan fingerprint density at radius 2 is 2.00 bits per heavy atom. The molecule has 0 aliphatic heterocycles. The minimum atomic E-state index is 0.500. The quantitative estimate of drug-likeness (QED) is 0.733. The summed E-state index contributed by atoms with van der Waals surface area (Å²) in [5.41, 5.74) is 2.64. The molecule has 0 spiro atoms. The van der Waals surface area contributed by atoms with Gasteiger partial charge in [0.1, 0.15) is 0 Å². The van der Waals surface area contributed by atoms with Gasteiger partial charge < -0.3 is 5.21 Å². The Hall–Kier alpha value is -1.84. The number of nitrogens with zero attached hydrogens (tertiary/aromatic N) is 2. The molecule has 0 fully saturated rings. The molecule has 0 atom stereocenters. The average Bonchev–Trinajstić information content (AvgIpc) is 2.68. The maximum atomic E-state index is 11.2. The summed E-state index contributed by atoms with van der Waals surface area (Å²) in [6.45, 7) is 1.92. The minimum Gasteiger partial charge on any atom is -0.359 e. The third-order valence-electron chi connectivity index (χ3n) is 2.61. The lowest BCUT2D eigenvalue weighted by Gasteiger charge is -1.97. The van der Waals surface area contributed by atoms with E-state index in [4.69, 9.17) is 0 Å². The predicted molar refractivity (Wildman–Crippen MR) is 58.7 cm³/mol. The molecule has 1 aromatic heterocycles. The number of aromatic nitrogens is 2. The maximum absolute atomic E-state index is 11.2. The molecular weight excluding hydrogens is 204 g/mol. The summed E-state index contributed by atoms with van der Waals surface area (Å²) < 4.78 is 4.59. The van der Waals surface area contributed by atoms with Gasteiger partial charge in [-0.05, 0) is 16.9 Å². The van der Waals surface area contributed by atoms with E-state index in [1.165, 1.54) is 5.56 Å². The van der Waals surface area contributed by atoms with Crippen LogP contribution >= 0.6 is 0 Å². The van der Waals surface area contributed by atoms with E-state index in [-0.39, 0.29) is 0 Å². The van der Waals surface area contributed by atoms with E-state index < -0.39 is 0 Å². The van der Waals surface area contributed by atoms with Crippen LogP contribution in [0, 0.1) is 5.21 Å². The standard InChI is InChI=1S/C12H14N2O2/c1-2-12-11(13-16-14(12)15)9-8-10-6-4-3-5-7-10/h3-7H,2,8-9H2,1H3. The Labute approximate surface area is 94.0 Å². The molecule has 2 aromatic rings. The van der Waals surface area contributed by atoms with Gasteiger partial charge in [-0.3, -0.25) is 4.63 Å². The van der Waals surface area contributed by atoms with Gasteiger partial charge in [0.25, 0.3) is 0 Å². The number of rotatable bonds is 4. The van der Waals surface area contributed by atoms with E-state index in [9.17, 15) is 5.21 Å². The van der Waals surface area contributed by atoms with Crippen molar-refractivity contribution in [1.82, 2.24) is 5.16 Å². The molecule has 4 heteroatoms. The van der Waals surface area contributed by atoms with Crippen molar-refractivity contribution in [3.63, 3.8) is 0 Å². The second kappa shape index (κ2) is 4.79. The lowest BCUT2D eigenvalue weighted by atomic mass is 10.1. The highest BCUT2D eigenvalue weighted by molar-refractivity contribution is 5.16. The van der Waals surface area contributed by atoms with Crippen molar-refractivity contribution in [2.45, 2.75) is 26.2 Å². The van der Waals surface area contributed by atoms with Gasteiger partial charge >= 0.3 is 0 Å². The van der Waals surface area contributed by atoms with Gasteiger partial charge in [0.05, 0.1) is 0 Å². The summed E-state index contributed by atoms with van der Waals surface area (Å²) in [6, 6.07) is 10.1. The van der Waals surface area contributed by atoms with Crippen molar-refractivity contribution >= 4 is 0 Å². The Balaban J connectivity index is 2.05. The van der Waals surface area contributed by atoms with Crippen molar-refractivity contribution < 1.29 is 9.53 Å². The number of hydrogen-bond acceptors (Lipinski definition) is 3. The molecule has 4 nitrogen and oxygen atoms in total. The Bertz CT molecular complexity index is 451. The normalized spacial score (nSPS) is 10.6. The van der Waals surface area contributed by atoms with Crippen LogP contribution in [-0.4, -0.2) is 5.16 Å². The van der Waals surface area contributed by atoms with Crippen LogP contribution in [0.1, 0.15) is 23.9 Å². The molecule has 84 valence electrons. The zero-order valence-corrected chi connectivity index (χ0v) is 9.22. The first kappa shape index (κ1) is 10.7. The molecule has 0 bridgehead atoms. The Morgan fingerprint density at radius 3 is 2.69 bits per heavy atom. The molecule has 0 N–H and O–H groups in total. The first-order chi connectivity index (χ1) is 7.81. The summed E-state index contributed by atoms with van der Waals surface area (Å²) in [6.07, 6.45) is 2.27. The molecule has 0 unspecified atom stereocenters. The summed E-state index contributed by atoms with van der Waals surface area (Å²) in [5.74, 6) is 0. The molecule has 0 saturated heterocycles. The number of hydrogen-bond donors (Lipinski definition) is 0. The fraction of sp³-hybridized carbons (Fsp3) is 0.333. The zero-order valence-electron chi connectivity index (χ0n) is 9.22. The van der Waals surface area contributed by atoms with Crippen LogP contribution in [0.5, 0.6) is 0 Å². The van der Waals surface area contributed by atoms with Gasteiger partial charge in [-0.25, -0.2) is 0 Å². The third kappa shape index (κ3) is 2.21. The molecule has 0 amide bonds. The SMILES string of the molecule is CCc1c(CCc2ccccc2)no[n+]1[O-]. The van der Waals surface area contributed by atoms with Crippen molar-refractivity contribution in [3.05, 3.63) is 52.5 Å². The van der Waals surface area contributed by atoms with Gasteiger partial charge in [0.2, 0.25) is 5.69 Å². The van der Waals surface area contributed by atoms with Crippen molar-refractivity contribution in [2.75, 3.05) is 0 Å². The minimum absolute atomic E-state index is 0.500. The Morgan fingerprint density at radius 1 is 1.25 bits per heavy atom. The number of aryl methyl sites for hydroxylation is 2. The molecule has 0 saturated carbocycles. The maximum Gasteiger partial charge on any atom is 0.221 e. The highest BCUT2D eigenvalue weighted by Gasteiger charge is 2.16. The Kier molecular flexibility index (Phi) is 3.19. The van der Waals surface area contributed by atoms with Crippen molar-refractivity contribution in [1.29, 1.82) is 0 Å². The van der Waals surface area contributed by atoms with Crippen LogP contribution < -0.4 is 4.90 Å². The van der Waals surface area contributed by atoms with Gasteiger partial charge in [0.15, 0.2) is 5.69 Å². The monoisotopic (exact) mass is 218 g/mol. The summed E-state index contributed by atoms with van der Waals surface area (Å²) in [5, 5.41) is 14.9. The topological polar surface area (TPSA) is 53.0 Å². The highest BCUT2D eigenvalue weighted by Crippen LogP contribution is 2.08. The predicted octanol–water partition coefficient (Wildman–Crippen LogP) is 1.66. The summed E-state index contributed by atoms with van der Waals surface area (Å²) >= 11 is 0. The summed E-state index contributed by atoms with van der Waals surface area (Å²) in [7, 11) is 0. The molecule has 0 radical (unpaired) electrons. The van der Waals surface area contributed by atoms with E-state index in [0.29, 0.717) is 17.0 Å². The van der Waals surface area contributed by atoms with E-state index in [0.717, 1.165) is 18.5 Å². The molecule has 2 rings (SSSR count). The van der Waals surface area contributed by atoms with E-state index in [2.05, 4.69) is 21.9 Å². The molecule has 1 aromatic carbocycles. The molecule has 1 heterocycles. The molecule has 16 heavy (non-hydrogen) atoms. The fourth-order valence-electron chi connectivity index (χ4n) is 1.72. The lowest BCUT2D eigenvalue weighted by Crippen LogP contribution is -2.28. The average molecular weight is 218 g/mol. The number of benzene rings is 1. The van der Waals surface area contributed by atoms with Gasteiger partial charge in [-0.15, -0.1) is 0 Å². The van der Waals surface area contributed by atoms with Gasteiger partial charge in [-0.2, -0.15) is 0 Å². The summed E-state index contributed by atoms with van der Waals surface area (Å²) in [4.78, 5) is 0.500. The van der Waals surface area contributed by atoms with Crippen LogP contribution in [0.25, 0.3) is 0 Å². The van der Waals surface area contributed by atoms with Crippen LogP contribution in [0.15, 0.2) is 35.0 Å². The van der Waals surface area contributed by atoms with Gasteiger partial charge in [0, 0.05) is 18.0 Å². The fourth-order valence-corrected chi connectivity index (χ4v) is 1.72. The second-order valence-electron chi connectivity index (χ2n) is 3.66. The molecule has 0 aliphatic carbocycles. The molecular formula is C12H14N2O2. The lowest BCUT2D eigenvalue weighted by molar-refractivity contribution is -0.807. The first-order valence-electron chi connectivity index (χ1n) is 5.42. The van der Waals surface area contributed by atoms with E-state index in [1.807, 2.05) is 25.1 Å². The van der Waals surface area contributed by atoms with Crippen LogP contribution in [0.2, 0.25) is 0 Å². The van der Waals surface area contributed by atoms with Crippen LogP contribution in [0.4, 0.5) is 0 Å². The highest BCUT2D eigenvalue weighted by atomic mass is 16.8. The molecule has 0 aliphatic rings. The van der Waals surface area contributed by atoms with Crippen molar-refractivity contribution in [3.8, 4) is 0 Å². The van der Waals surface area contributed by atoms with E-state index in [1.54, 1.807) is 0 Å². The first-order valence-corrected chi connectivity index (χ1v) is 5.42. The van der Waals surface area contributed by atoms with Crippen LogP contribution in [0.3, 0.4) is 0 Å². The zero-order chi connectivity index (χ0) is 11.4. The van der Waals surface area contributed by atoms with Gasteiger partial charge in [-0.1, -0.05) is 37.3 Å². The largest absolute Gasteiger partial charge is 0.359 e. The smallest absolute Gasteiger partial charge is 0.221 e.